The summed E-state index contributed by atoms with van der Waals surface area (Å²) in [5.74, 6) is -0.448. The number of hydrogen-bond acceptors (Lipinski definition) is 8. The maximum Gasteiger partial charge on any atom is 0.408 e. The highest BCUT2D eigenvalue weighted by Gasteiger charge is 2.44. The van der Waals surface area contributed by atoms with E-state index >= 15 is 0 Å². The SMILES string of the molecule is CCCC1OC(c2cn(CCC(=O)NCNC(=O)OC)c(=O)[nH]c2=O)C(O)C1O. The minimum atomic E-state index is -1.31. The molecule has 1 aliphatic rings. The van der Waals surface area contributed by atoms with Crippen molar-refractivity contribution in [2.45, 2.75) is 57.1 Å². The Hall–Kier alpha value is -2.70. The van der Waals surface area contributed by atoms with E-state index in [2.05, 4.69) is 20.4 Å². The van der Waals surface area contributed by atoms with Crippen LogP contribution < -0.4 is 21.9 Å². The zero-order valence-corrected chi connectivity index (χ0v) is 16.2. The fourth-order valence-corrected chi connectivity index (χ4v) is 3.02. The normalized spacial score (nSPS) is 23.6. The summed E-state index contributed by atoms with van der Waals surface area (Å²) < 4.78 is 11.1. The van der Waals surface area contributed by atoms with Gasteiger partial charge in [-0.25, -0.2) is 9.59 Å². The number of methoxy groups -OCH3 is 1. The van der Waals surface area contributed by atoms with Crippen LogP contribution in [-0.4, -0.2) is 63.9 Å². The summed E-state index contributed by atoms with van der Waals surface area (Å²) in [4.78, 5) is 49.1. The van der Waals surface area contributed by atoms with Crippen LogP contribution in [0.4, 0.5) is 4.79 Å². The van der Waals surface area contributed by atoms with Gasteiger partial charge in [-0.2, -0.15) is 0 Å². The molecule has 5 N–H and O–H groups in total. The Kier molecular flexibility index (Phi) is 7.93. The van der Waals surface area contributed by atoms with Gasteiger partial charge in [0.2, 0.25) is 5.91 Å². The van der Waals surface area contributed by atoms with Crippen LogP contribution in [0.25, 0.3) is 0 Å². The van der Waals surface area contributed by atoms with Crippen molar-refractivity contribution in [1.29, 1.82) is 0 Å². The maximum absolute atomic E-state index is 12.2. The van der Waals surface area contributed by atoms with Gasteiger partial charge in [-0.05, 0) is 6.42 Å². The lowest BCUT2D eigenvalue weighted by molar-refractivity contribution is -0.121. The van der Waals surface area contributed by atoms with Crippen molar-refractivity contribution >= 4 is 12.0 Å². The number of aromatic amines is 1. The molecule has 12 nitrogen and oxygen atoms in total. The monoisotopic (exact) mass is 414 g/mol. The van der Waals surface area contributed by atoms with E-state index in [0.717, 1.165) is 11.0 Å². The molecule has 0 spiro atoms. The van der Waals surface area contributed by atoms with Gasteiger partial charge in [-0.1, -0.05) is 13.3 Å². The average molecular weight is 414 g/mol. The van der Waals surface area contributed by atoms with E-state index < -0.39 is 47.7 Å². The number of H-pyrrole nitrogens is 1. The van der Waals surface area contributed by atoms with Crippen molar-refractivity contribution < 1.29 is 29.3 Å². The topological polar surface area (TPSA) is 172 Å². The second-order valence-corrected chi connectivity index (χ2v) is 6.60. The van der Waals surface area contributed by atoms with E-state index in [0.29, 0.717) is 6.42 Å². The number of aryl methyl sites for hydroxylation is 1. The molecule has 2 amide bonds. The number of amides is 2. The van der Waals surface area contributed by atoms with Crippen molar-refractivity contribution in [1.82, 2.24) is 20.2 Å². The number of hydrogen-bond donors (Lipinski definition) is 5. The van der Waals surface area contributed by atoms with Crippen molar-refractivity contribution in [3.05, 3.63) is 32.6 Å². The Morgan fingerprint density at radius 1 is 1.28 bits per heavy atom. The number of alkyl carbamates (subject to hydrolysis) is 1. The number of nitrogens with one attached hydrogen (secondary N) is 3. The first-order valence-corrected chi connectivity index (χ1v) is 9.22. The molecule has 2 heterocycles. The van der Waals surface area contributed by atoms with Crippen molar-refractivity contribution in [2.24, 2.45) is 0 Å². The van der Waals surface area contributed by atoms with Gasteiger partial charge in [0.1, 0.15) is 18.3 Å². The minimum Gasteiger partial charge on any atom is -0.453 e. The van der Waals surface area contributed by atoms with Crippen LogP contribution in [0.1, 0.15) is 37.9 Å². The number of aliphatic hydroxyl groups is 2. The van der Waals surface area contributed by atoms with Crippen LogP contribution in [0.5, 0.6) is 0 Å². The first-order chi connectivity index (χ1) is 13.8. The van der Waals surface area contributed by atoms with Gasteiger partial charge >= 0.3 is 11.8 Å². The van der Waals surface area contributed by atoms with Gasteiger partial charge in [0, 0.05) is 19.2 Å². The van der Waals surface area contributed by atoms with Gasteiger partial charge in [-0.15, -0.1) is 0 Å². The average Bonchev–Trinajstić information content (AvgIpc) is 2.96. The molecule has 162 valence electrons. The highest BCUT2D eigenvalue weighted by atomic mass is 16.5. The molecule has 0 aliphatic carbocycles. The van der Waals surface area contributed by atoms with Crippen LogP contribution in [0.15, 0.2) is 15.8 Å². The summed E-state index contributed by atoms with van der Waals surface area (Å²) in [6, 6.07) is 0. The summed E-state index contributed by atoms with van der Waals surface area (Å²) in [7, 11) is 1.19. The standard InChI is InChI=1S/C17H26N4O8/c1-3-4-10-12(23)13(24)14(29-10)9-7-21(16(26)20-15(9)25)6-5-11(22)18-8-19-17(27)28-2/h7,10,12-14,23-24H,3-6,8H2,1-2H3,(H,18,22)(H,19,27)(H,20,25,26). The van der Waals surface area contributed by atoms with Gasteiger partial charge in [0.15, 0.2) is 0 Å². The molecule has 1 aromatic heterocycles. The number of aliphatic hydroxyl groups excluding tert-OH is 2. The van der Waals surface area contributed by atoms with Crippen LogP contribution in [-0.2, 0) is 20.8 Å². The van der Waals surface area contributed by atoms with Crippen LogP contribution in [0, 0.1) is 0 Å². The fraction of sp³-hybridized carbons (Fsp3) is 0.647. The molecule has 1 aliphatic heterocycles. The van der Waals surface area contributed by atoms with Gasteiger partial charge < -0.3 is 30.3 Å². The zero-order valence-electron chi connectivity index (χ0n) is 16.2. The number of ether oxygens (including phenoxy) is 2. The second-order valence-electron chi connectivity index (χ2n) is 6.60. The molecular weight excluding hydrogens is 388 g/mol. The van der Waals surface area contributed by atoms with Gasteiger partial charge in [-0.3, -0.25) is 19.1 Å². The number of nitrogens with zero attached hydrogens (tertiary/aromatic N) is 1. The molecule has 12 heteroatoms. The Balaban J connectivity index is 2.06. The summed E-state index contributed by atoms with van der Waals surface area (Å²) in [6.07, 6.45) is -2.53. The Labute approximate surface area is 165 Å². The number of carbonyl (C=O) groups excluding carboxylic acids is 2. The Morgan fingerprint density at radius 3 is 2.66 bits per heavy atom. The molecule has 4 atom stereocenters. The lowest BCUT2D eigenvalue weighted by Crippen LogP contribution is -2.39. The first-order valence-electron chi connectivity index (χ1n) is 9.22. The molecule has 0 aromatic carbocycles. The van der Waals surface area contributed by atoms with E-state index in [4.69, 9.17) is 4.74 Å². The largest absolute Gasteiger partial charge is 0.453 e. The lowest BCUT2D eigenvalue weighted by Gasteiger charge is -2.15. The smallest absolute Gasteiger partial charge is 0.408 e. The van der Waals surface area contributed by atoms with Gasteiger partial charge in [0.05, 0.1) is 25.4 Å². The van der Waals surface area contributed by atoms with Crippen molar-refractivity contribution in [2.75, 3.05) is 13.8 Å². The summed E-state index contributed by atoms with van der Waals surface area (Å²) in [5, 5.41) is 25.0. The Morgan fingerprint density at radius 2 is 2.00 bits per heavy atom. The quantitative estimate of drug-likeness (QED) is 0.314. The molecule has 0 bridgehead atoms. The fourth-order valence-electron chi connectivity index (χ4n) is 3.02. The van der Waals surface area contributed by atoms with E-state index in [-0.39, 0.29) is 25.2 Å². The number of rotatable bonds is 8. The first kappa shape index (κ1) is 22.6. The predicted molar refractivity (Wildman–Crippen MR) is 99.0 cm³/mol. The van der Waals surface area contributed by atoms with Crippen LogP contribution in [0.3, 0.4) is 0 Å². The number of carbonyl (C=O) groups is 2. The second kappa shape index (κ2) is 10.2. The van der Waals surface area contributed by atoms with E-state index in [1.165, 1.54) is 13.3 Å². The third kappa shape index (κ3) is 5.65. The third-order valence-corrected chi connectivity index (χ3v) is 4.56. The summed E-state index contributed by atoms with van der Waals surface area (Å²) >= 11 is 0. The molecule has 1 fully saturated rings. The molecule has 1 saturated heterocycles. The molecule has 0 radical (unpaired) electrons. The third-order valence-electron chi connectivity index (χ3n) is 4.56. The van der Waals surface area contributed by atoms with Crippen molar-refractivity contribution in [3.8, 4) is 0 Å². The zero-order chi connectivity index (χ0) is 21.6. The van der Waals surface area contributed by atoms with E-state index in [1.54, 1.807) is 0 Å². The predicted octanol–water partition coefficient (Wildman–Crippen LogP) is -1.68. The summed E-state index contributed by atoms with van der Waals surface area (Å²) in [5.41, 5.74) is -1.47. The molecule has 0 saturated carbocycles. The molecule has 4 unspecified atom stereocenters. The molecular formula is C17H26N4O8. The van der Waals surface area contributed by atoms with E-state index in [9.17, 15) is 29.4 Å². The Bertz CT molecular complexity index is 835. The maximum atomic E-state index is 12.2. The van der Waals surface area contributed by atoms with E-state index in [1.807, 2.05) is 6.92 Å². The van der Waals surface area contributed by atoms with Crippen LogP contribution in [0.2, 0.25) is 0 Å². The molecule has 1 aromatic rings. The summed E-state index contributed by atoms with van der Waals surface area (Å²) in [6.45, 7) is 1.70. The van der Waals surface area contributed by atoms with Gasteiger partial charge in [0.25, 0.3) is 5.56 Å². The van der Waals surface area contributed by atoms with Crippen LogP contribution >= 0.6 is 0 Å². The lowest BCUT2D eigenvalue weighted by atomic mass is 10.0. The van der Waals surface area contributed by atoms with Crippen molar-refractivity contribution in [3.63, 3.8) is 0 Å². The molecule has 2 rings (SSSR count). The number of aromatic nitrogens is 2. The molecule has 29 heavy (non-hydrogen) atoms. The highest BCUT2D eigenvalue weighted by Crippen LogP contribution is 2.33. The highest BCUT2D eigenvalue weighted by molar-refractivity contribution is 5.76. The minimum absolute atomic E-state index is 0.0116.